The van der Waals surface area contributed by atoms with E-state index in [2.05, 4.69) is 4.98 Å². The Bertz CT molecular complexity index is 1050. The van der Waals surface area contributed by atoms with Crippen LogP contribution in [0.3, 0.4) is 0 Å². The molecule has 0 saturated heterocycles. The van der Waals surface area contributed by atoms with Crippen LogP contribution in [-0.4, -0.2) is 21.6 Å². The Morgan fingerprint density at radius 2 is 1.93 bits per heavy atom. The molecule has 1 aliphatic rings. The van der Waals surface area contributed by atoms with Crippen LogP contribution in [0.25, 0.3) is 21.3 Å². The lowest BCUT2D eigenvalue weighted by molar-refractivity contribution is -0.154. The van der Waals surface area contributed by atoms with Gasteiger partial charge in [-0.1, -0.05) is 36.2 Å². The molecule has 0 bridgehead atoms. The minimum Gasteiger partial charge on any atom is -0.461 e. The lowest BCUT2D eigenvalue weighted by atomic mass is 9.98. The molecule has 0 radical (unpaired) electrons. The number of esters is 1. The normalized spacial score (nSPS) is 16.2. The fourth-order valence-electron chi connectivity index (χ4n) is 3.73. The molecule has 1 aromatic carbocycles. The standard InChI is InChI=1S/C22H24N2O3S/c1-14-8-10-16(11-9-14)18-12-28-20-19(18)21(25)24(13-23-20)15(2)22(26)27-17-6-4-3-5-7-17/h8-13,15,17H,3-7H2,1-2H3. The number of carbonyl (C=O) groups is 1. The van der Waals surface area contributed by atoms with Gasteiger partial charge in [0.05, 0.1) is 11.7 Å². The van der Waals surface area contributed by atoms with Gasteiger partial charge in [0, 0.05) is 10.9 Å². The molecular formula is C22H24N2O3S. The number of fused-ring (bicyclic) bond motifs is 1. The van der Waals surface area contributed by atoms with Crippen molar-refractivity contribution in [2.45, 2.75) is 58.1 Å². The number of thiophene rings is 1. The summed E-state index contributed by atoms with van der Waals surface area (Å²) in [6, 6.07) is 7.37. The van der Waals surface area contributed by atoms with E-state index in [1.807, 2.05) is 36.6 Å². The molecule has 1 aliphatic carbocycles. The molecule has 4 rings (SSSR count). The molecule has 2 heterocycles. The molecule has 1 atom stereocenters. The number of hydrogen-bond acceptors (Lipinski definition) is 5. The largest absolute Gasteiger partial charge is 0.461 e. The third kappa shape index (κ3) is 3.61. The predicted octanol–water partition coefficient (Wildman–Crippen LogP) is 4.87. The first-order valence-corrected chi connectivity index (χ1v) is 10.7. The highest BCUT2D eigenvalue weighted by Crippen LogP contribution is 2.31. The van der Waals surface area contributed by atoms with E-state index in [4.69, 9.17) is 4.74 Å². The van der Waals surface area contributed by atoms with Crippen molar-refractivity contribution in [1.29, 1.82) is 0 Å². The maximum atomic E-state index is 13.2. The van der Waals surface area contributed by atoms with Gasteiger partial charge in [-0.2, -0.15) is 0 Å². The molecule has 0 amide bonds. The van der Waals surface area contributed by atoms with Gasteiger partial charge >= 0.3 is 5.97 Å². The Hall–Kier alpha value is -2.47. The zero-order valence-corrected chi connectivity index (χ0v) is 17.0. The first-order chi connectivity index (χ1) is 13.5. The number of hydrogen-bond donors (Lipinski definition) is 0. The number of aromatic nitrogens is 2. The van der Waals surface area contributed by atoms with E-state index in [1.165, 1.54) is 28.7 Å². The summed E-state index contributed by atoms with van der Waals surface area (Å²) in [5.41, 5.74) is 2.80. The van der Waals surface area contributed by atoms with Crippen molar-refractivity contribution < 1.29 is 9.53 Å². The summed E-state index contributed by atoms with van der Waals surface area (Å²) in [6.07, 6.45) is 6.64. The predicted molar refractivity (Wildman–Crippen MR) is 112 cm³/mol. The molecule has 6 heteroatoms. The van der Waals surface area contributed by atoms with Crippen LogP contribution in [0.4, 0.5) is 0 Å². The van der Waals surface area contributed by atoms with Gasteiger partial charge in [0.2, 0.25) is 0 Å². The summed E-state index contributed by atoms with van der Waals surface area (Å²) in [5, 5.41) is 2.52. The fraction of sp³-hybridized carbons (Fsp3) is 0.409. The number of ether oxygens (including phenoxy) is 1. The molecule has 1 unspecified atom stereocenters. The molecule has 1 saturated carbocycles. The van der Waals surface area contributed by atoms with Gasteiger partial charge < -0.3 is 4.74 Å². The van der Waals surface area contributed by atoms with E-state index in [-0.39, 0.29) is 17.6 Å². The van der Waals surface area contributed by atoms with Crippen LogP contribution in [0, 0.1) is 6.92 Å². The van der Waals surface area contributed by atoms with Crippen LogP contribution in [0.15, 0.2) is 40.8 Å². The number of aryl methyl sites for hydroxylation is 1. The summed E-state index contributed by atoms with van der Waals surface area (Å²) in [7, 11) is 0. The van der Waals surface area contributed by atoms with Gasteiger partial charge in [-0.3, -0.25) is 9.36 Å². The topological polar surface area (TPSA) is 61.2 Å². The Kier molecular flexibility index (Phi) is 5.31. The van der Waals surface area contributed by atoms with Gasteiger partial charge in [-0.05, 0) is 45.1 Å². The lowest BCUT2D eigenvalue weighted by Crippen LogP contribution is -2.32. The molecule has 146 valence electrons. The zero-order chi connectivity index (χ0) is 19.7. The highest BCUT2D eigenvalue weighted by Gasteiger charge is 2.25. The van der Waals surface area contributed by atoms with Crippen LogP contribution in [0.1, 0.15) is 50.6 Å². The molecule has 28 heavy (non-hydrogen) atoms. The van der Waals surface area contributed by atoms with Crippen LogP contribution in [-0.2, 0) is 9.53 Å². The first kappa shape index (κ1) is 18.9. The number of carbonyl (C=O) groups excluding carboxylic acids is 1. The molecule has 2 aromatic heterocycles. The minimum absolute atomic E-state index is 0.0274. The van der Waals surface area contributed by atoms with E-state index >= 15 is 0 Å². The second-order valence-electron chi connectivity index (χ2n) is 7.53. The summed E-state index contributed by atoms with van der Waals surface area (Å²) in [6.45, 7) is 3.74. The van der Waals surface area contributed by atoms with Crippen LogP contribution in [0.2, 0.25) is 0 Å². The van der Waals surface area contributed by atoms with Gasteiger partial charge in [0.15, 0.2) is 0 Å². The average Bonchev–Trinajstić information content (AvgIpc) is 3.14. The van der Waals surface area contributed by atoms with Crippen molar-refractivity contribution in [1.82, 2.24) is 9.55 Å². The Morgan fingerprint density at radius 3 is 2.64 bits per heavy atom. The Morgan fingerprint density at radius 1 is 1.21 bits per heavy atom. The van der Waals surface area contributed by atoms with Gasteiger partial charge in [0.25, 0.3) is 5.56 Å². The molecule has 0 aliphatic heterocycles. The van der Waals surface area contributed by atoms with E-state index < -0.39 is 6.04 Å². The monoisotopic (exact) mass is 396 g/mol. The molecule has 0 spiro atoms. The van der Waals surface area contributed by atoms with Crippen molar-refractivity contribution in [2.75, 3.05) is 0 Å². The van der Waals surface area contributed by atoms with Crippen molar-refractivity contribution in [2.24, 2.45) is 0 Å². The third-order valence-electron chi connectivity index (χ3n) is 5.48. The van der Waals surface area contributed by atoms with Crippen LogP contribution in [0.5, 0.6) is 0 Å². The van der Waals surface area contributed by atoms with Gasteiger partial charge in [-0.25, -0.2) is 9.78 Å². The Balaban J connectivity index is 1.67. The summed E-state index contributed by atoms with van der Waals surface area (Å²) >= 11 is 1.44. The SMILES string of the molecule is Cc1ccc(-c2csc3ncn(C(C)C(=O)OC4CCCCC4)c(=O)c23)cc1. The molecule has 3 aromatic rings. The van der Waals surface area contributed by atoms with E-state index in [0.717, 1.165) is 42.4 Å². The smallest absolute Gasteiger partial charge is 0.329 e. The summed E-state index contributed by atoms with van der Waals surface area (Å²) in [5.74, 6) is -0.359. The Labute approximate surface area is 168 Å². The zero-order valence-electron chi connectivity index (χ0n) is 16.2. The van der Waals surface area contributed by atoms with E-state index in [9.17, 15) is 9.59 Å². The van der Waals surface area contributed by atoms with Crippen molar-refractivity contribution in [3.05, 3.63) is 51.9 Å². The fourth-order valence-corrected chi connectivity index (χ4v) is 4.63. The second-order valence-corrected chi connectivity index (χ2v) is 8.38. The lowest BCUT2D eigenvalue weighted by Gasteiger charge is -2.24. The highest BCUT2D eigenvalue weighted by atomic mass is 32.1. The van der Waals surface area contributed by atoms with Gasteiger partial charge in [-0.15, -0.1) is 11.3 Å². The maximum Gasteiger partial charge on any atom is 0.329 e. The quantitative estimate of drug-likeness (QED) is 0.590. The van der Waals surface area contributed by atoms with Crippen molar-refractivity contribution in [3.8, 4) is 11.1 Å². The summed E-state index contributed by atoms with van der Waals surface area (Å²) in [4.78, 5) is 30.9. The molecule has 1 fully saturated rings. The van der Waals surface area contributed by atoms with E-state index in [0.29, 0.717) is 10.2 Å². The minimum atomic E-state index is -0.697. The molecule has 0 N–H and O–H groups in total. The summed E-state index contributed by atoms with van der Waals surface area (Å²) < 4.78 is 7.06. The number of rotatable bonds is 4. The molecule has 5 nitrogen and oxygen atoms in total. The highest BCUT2D eigenvalue weighted by molar-refractivity contribution is 7.17. The van der Waals surface area contributed by atoms with Gasteiger partial charge in [0.1, 0.15) is 17.0 Å². The van der Waals surface area contributed by atoms with Crippen LogP contribution >= 0.6 is 11.3 Å². The first-order valence-electron chi connectivity index (χ1n) is 9.80. The van der Waals surface area contributed by atoms with Crippen molar-refractivity contribution >= 4 is 27.5 Å². The van der Waals surface area contributed by atoms with Crippen molar-refractivity contribution in [3.63, 3.8) is 0 Å². The molecular weight excluding hydrogens is 372 g/mol. The third-order valence-corrected chi connectivity index (χ3v) is 6.36. The number of benzene rings is 1. The average molecular weight is 397 g/mol. The maximum absolute atomic E-state index is 13.2. The van der Waals surface area contributed by atoms with E-state index in [1.54, 1.807) is 6.92 Å². The van der Waals surface area contributed by atoms with Crippen LogP contribution < -0.4 is 5.56 Å². The second kappa shape index (κ2) is 7.87. The number of nitrogens with zero attached hydrogens (tertiary/aromatic N) is 2.